The van der Waals surface area contributed by atoms with Crippen LogP contribution in [0.25, 0.3) is 5.57 Å². The summed E-state index contributed by atoms with van der Waals surface area (Å²) >= 11 is 0. The first kappa shape index (κ1) is 19.2. The van der Waals surface area contributed by atoms with Gasteiger partial charge in [-0.25, -0.2) is 0 Å². The van der Waals surface area contributed by atoms with Crippen LogP contribution < -0.4 is 4.74 Å². The highest BCUT2D eigenvalue weighted by atomic mass is 16.5. The standard InChI is InChI=1S/C26H24O3/c1-18-10-9-15-23-24(18)22(16-27)25(21-13-7-4-8-14-21)26(29-23)19(2)28-17-20-11-5-3-6-12-20/h3-16,19,22H,17H2,1-2H3. The summed E-state index contributed by atoms with van der Waals surface area (Å²) in [4.78, 5) is 12.3. The van der Waals surface area contributed by atoms with Crippen LogP contribution in [-0.2, 0) is 16.1 Å². The summed E-state index contributed by atoms with van der Waals surface area (Å²) in [6.45, 7) is 4.47. The van der Waals surface area contributed by atoms with E-state index < -0.39 is 0 Å². The molecule has 0 saturated carbocycles. The summed E-state index contributed by atoms with van der Waals surface area (Å²) in [7, 11) is 0. The third kappa shape index (κ3) is 3.87. The number of aldehydes is 1. The van der Waals surface area contributed by atoms with Crippen LogP contribution in [-0.4, -0.2) is 12.4 Å². The molecule has 0 radical (unpaired) electrons. The van der Waals surface area contributed by atoms with E-state index >= 15 is 0 Å². The van der Waals surface area contributed by atoms with Crippen LogP contribution in [0.2, 0.25) is 0 Å². The molecule has 3 aromatic carbocycles. The topological polar surface area (TPSA) is 35.5 Å². The lowest BCUT2D eigenvalue weighted by Gasteiger charge is -2.32. The second kappa shape index (κ2) is 8.46. The molecular formula is C26H24O3. The van der Waals surface area contributed by atoms with Gasteiger partial charge in [-0.05, 0) is 36.6 Å². The van der Waals surface area contributed by atoms with E-state index in [1.165, 1.54) is 0 Å². The molecule has 0 amide bonds. The largest absolute Gasteiger partial charge is 0.458 e. The highest BCUT2D eigenvalue weighted by molar-refractivity contribution is 5.90. The van der Waals surface area contributed by atoms with Crippen molar-refractivity contribution in [3.63, 3.8) is 0 Å². The zero-order valence-corrected chi connectivity index (χ0v) is 16.7. The Balaban J connectivity index is 1.76. The monoisotopic (exact) mass is 384 g/mol. The summed E-state index contributed by atoms with van der Waals surface area (Å²) in [6, 6.07) is 25.9. The van der Waals surface area contributed by atoms with E-state index in [4.69, 9.17) is 9.47 Å². The minimum atomic E-state index is -0.389. The first-order valence-electron chi connectivity index (χ1n) is 9.86. The number of carbonyl (C=O) groups excluding carboxylic acids is 1. The van der Waals surface area contributed by atoms with E-state index in [9.17, 15) is 4.79 Å². The third-order valence-corrected chi connectivity index (χ3v) is 5.32. The van der Waals surface area contributed by atoms with Gasteiger partial charge in [-0.2, -0.15) is 0 Å². The molecule has 1 aliphatic rings. The number of allylic oxidation sites excluding steroid dienone is 1. The zero-order valence-electron chi connectivity index (χ0n) is 16.7. The van der Waals surface area contributed by atoms with Gasteiger partial charge < -0.3 is 14.3 Å². The molecule has 0 fully saturated rings. The molecular weight excluding hydrogens is 360 g/mol. The fraction of sp³-hybridized carbons (Fsp3) is 0.192. The maximum absolute atomic E-state index is 12.3. The van der Waals surface area contributed by atoms with Gasteiger partial charge >= 0.3 is 0 Å². The Labute approximate surface area is 171 Å². The average Bonchev–Trinajstić information content (AvgIpc) is 2.77. The second-order valence-corrected chi connectivity index (χ2v) is 7.29. The van der Waals surface area contributed by atoms with E-state index in [0.717, 1.165) is 39.9 Å². The van der Waals surface area contributed by atoms with Gasteiger partial charge in [0.05, 0.1) is 12.5 Å². The normalized spacial score (nSPS) is 16.7. The highest BCUT2D eigenvalue weighted by Crippen LogP contribution is 2.45. The van der Waals surface area contributed by atoms with Crippen LogP contribution in [0.15, 0.2) is 84.6 Å². The molecule has 4 rings (SSSR count). The third-order valence-electron chi connectivity index (χ3n) is 5.32. The molecule has 0 N–H and O–H groups in total. The van der Waals surface area contributed by atoms with Crippen LogP contribution in [0.4, 0.5) is 0 Å². The molecule has 0 bridgehead atoms. The molecule has 0 spiro atoms. The Bertz CT molecular complexity index is 1020. The van der Waals surface area contributed by atoms with Crippen molar-refractivity contribution in [1.29, 1.82) is 0 Å². The summed E-state index contributed by atoms with van der Waals surface area (Å²) in [6.07, 6.45) is 0.710. The molecule has 3 heteroatoms. The average molecular weight is 384 g/mol. The van der Waals surface area contributed by atoms with E-state index in [-0.39, 0.29) is 12.0 Å². The number of carbonyl (C=O) groups is 1. The number of benzene rings is 3. The molecule has 29 heavy (non-hydrogen) atoms. The molecule has 0 aliphatic carbocycles. The first-order chi connectivity index (χ1) is 14.2. The SMILES string of the molecule is Cc1cccc2c1C(C=O)C(c1ccccc1)=C(C(C)OCc1ccccc1)O2. The van der Waals surface area contributed by atoms with Gasteiger partial charge in [0.2, 0.25) is 0 Å². The minimum Gasteiger partial charge on any atom is -0.458 e. The molecule has 0 aromatic heterocycles. The molecule has 146 valence electrons. The van der Waals surface area contributed by atoms with Gasteiger partial charge in [0.25, 0.3) is 0 Å². The van der Waals surface area contributed by atoms with Crippen LogP contribution in [0.5, 0.6) is 5.75 Å². The van der Waals surface area contributed by atoms with Gasteiger partial charge in [0.15, 0.2) is 0 Å². The Kier molecular flexibility index (Phi) is 5.59. The lowest BCUT2D eigenvalue weighted by atomic mass is 9.82. The van der Waals surface area contributed by atoms with Crippen molar-refractivity contribution in [2.75, 3.05) is 0 Å². The summed E-state index contributed by atoms with van der Waals surface area (Å²) in [5.74, 6) is 1.04. The first-order valence-corrected chi connectivity index (χ1v) is 9.86. The summed E-state index contributed by atoms with van der Waals surface area (Å²) in [5, 5.41) is 0. The number of fused-ring (bicyclic) bond motifs is 1. The molecule has 1 aliphatic heterocycles. The highest BCUT2D eigenvalue weighted by Gasteiger charge is 2.34. The maximum Gasteiger partial charge on any atom is 0.137 e. The Morgan fingerprint density at radius 2 is 1.66 bits per heavy atom. The van der Waals surface area contributed by atoms with Gasteiger partial charge in [-0.15, -0.1) is 0 Å². The van der Waals surface area contributed by atoms with Crippen molar-refractivity contribution < 1.29 is 14.3 Å². The fourth-order valence-electron chi connectivity index (χ4n) is 3.86. The molecule has 2 atom stereocenters. The van der Waals surface area contributed by atoms with Gasteiger partial charge in [0.1, 0.15) is 23.9 Å². The number of ether oxygens (including phenoxy) is 2. The van der Waals surface area contributed by atoms with E-state index in [1.807, 2.05) is 92.7 Å². The van der Waals surface area contributed by atoms with Crippen LogP contribution in [0, 0.1) is 6.92 Å². The van der Waals surface area contributed by atoms with Gasteiger partial charge in [-0.3, -0.25) is 0 Å². The predicted molar refractivity (Wildman–Crippen MR) is 115 cm³/mol. The smallest absolute Gasteiger partial charge is 0.137 e. The van der Waals surface area contributed by atoms with Crippen LogP contribution in [0.1, 0.15) is 35.1 Å². The van der Waals surface area contributed by atoms with Crippen molar-refractivity contribution in [3.8, 4) is 5.75 Å². The lowest BCUT2D eigenvalue weighted by Crippen LogP contribution is -2.25. The zero-order chi connectivity index (χ0) is 20.2. The van der Waals surface area contributed by atoms with Crippen molar-refractivity contribution in [2.45, 2.75) is 32.5 Å². The Hall–Kier alpha value is -3.17. The molecule has 3 nitrogen and oxygen atoms in total. The maximum atomic E-state index is 12.3. The lowest BCUT2D eigenvalue weighted by molar-refractivity contribution is -0.108. The van der Waals surface area contributed by atoms with E-state index in [2.05, 4.69) is 0 Å². The van der Waals surface area contributed by atoms with Crippen molar-refractivity contribution in [3.05, 3.63) is 107 Å². The van der Waals surface area contributed by atoms with Crippen molar-refractivity contribution in [2.24, 2.45) is 0 Å². The quantitative estimate of drug-likeness (QED) is 0.513. The van der Waals surface area contributed by atoms with Crippen LogP contribution in [0.3, 0.4) is 0 Å². The fourth-order valence-corrected chi connectivity index (χ4v) is 3.86. The Morgan fingerprint density at radius 1 is 0.966 bits per heavy atom. The molecule has 3 aromatic rings. The summed E-state index contributed by atoms with van der Waals surface area (Å²) in [5.41, 5.74) is 4.93. The number of rotatable bonds is 6. The number of hydrogen-bond donors (Lipinski definition) is 0. The van der Waals surface area contributed by atoms with Gasteiger partial charge in [0, 0.05) is 11.1 Å². The molecule has 1 heterocycles. The van der Waals surface area contributed by atoms with E-state index in [0.29, 0.717) is 12.4 Å². The van der Waals surface area contributed by atoms with Gasteiger partial charge in [-0.1, -0.05) is 72.8 Å². The van der Waals surface area contributed by atoms with Crippen molar-refractivity contribution in [1.82, 2.24) is 0 Å². The van der Waals surface area contributed by atoms with Crippen molar-refractivity contribution >= 4 is 11.9 Å². The number of aryl methyl sites for hydroxylation is 1. The van der Waals surface area contributed by atoms with E-state index in [1.54, 1.807) is 0 Å². The summed E-state index contributed by atoms with van der Waals surface area (Å²) < 4.78 is 12.5. The predicted octanol–water partition coefficient (Wildman–Crippen LogP) is 5.69. The second-order valence-electron chi connectivity index (χ2n) is 7.29. The minimum absolute atomic E-state index is 0.304. The molecule has 2 unspecified atom stereocenters. The Morgan fingerprint density at radius 3 is 2.34 bits per heavy atom. The van der Waals surface area contributed by atoms with Crippen LogP contribution >= 0.6 is 0 Å². The number of hydrogen-bond acceptors (Lipinski definition) is 3. The molecule has 0 saturated heterocycles.